The lowest BCUT2D eigenvalue weighted by Gasteiger charge is -2.47. The number of hydrogen-bond acceptors (Lipinski definition) is 12. The minimum absolute atomic E-state index is 0.136. The molecule has 0 aromatic carbocycles. The molecular formula is C36H53NO12. The van der Waals surface area contributed by atoms with E-state index in [1.165, 1.54) is 30.1 Å². The molecule has 0 radical (unpaired) electrons. The van der Waals surface area contributed by atoms with Crippen molar-refractivity contribution in [3.8, 4) is 0 Å². The van der Waals surface area contributed by atoms with Crippen LogP contribution in [0.2, 0.25) is 0 Å². The summed E-state index contributed by atoms with van der Waals surface area (Å²) >= 11 is 0. The average molecular weight is 692 g/mol. The van der Waals surface area contributed by atoms with Gasteiger partial charge in [-0.25, -0.2) is 9.59 Å². The third-order valence-corrected chi connectivity index (χ3v) is 9.26. The number of nitrogens with one attached hydrogen (secondary N) is 1. The van der Waals surface area contributed by atoms with Gasteiger partial charge < -0.3 is 54.2 Å². The lowest BCUT2D eigenvalue weighted by molar-refractivity contribution is -0.327. The second-order valence-corrected chi connectivity index (χ2v) is 13.6. The van der Waals surface area contributed by atoms with Crippen molar-refractivity contribution in [2.75, 3.05) is 20.3 Å². The van der Waals surface area contributed by atoms with E-state index >= 15 is 0 Å². The van der Waals surface area contributed by atoms with E-state index in [1.54, 1.807) is 19.9 Å². The van der Waals surface area contributed by atoms with Gasteiger partial charge in [-0.15, -0.1) is 0 Å². The van der Waals surface area contributed by atoms with Gasteiger partial charge in [0.25, 0.3) is 0 Å². The van der Waals surface area contributed by atoms with Crippen LogP contribution in [-0.4, -0.2) is 120 Å². The third-order valence-electron chi connectivity index (χ3n) is 9.26. The van der Waals surface area contributed by atoms with Crippen molar-refractivity contribution in [3.63, 3.8) is 0 Å². The Kier molecular flexibility index (Phi) is 15.1. The Morgan fingerprint density at radius 2 is 1.76 bits per heavy atom. The number of carboxylic acids is 1. The van der Waals surface area contributed by atoms with Crippen molar-refractivity contribution < 1.29 is 58.5 Å². The van der Waals surface area contributed by atoms with E-state index in [-0.39, 0.29) is 18.6 Å². The number of aliphatic carboxylic acids is 1. The molecule has 10 atom stereocenters. The summed E-state index contributed by atoms with van der Waals surface area (Å²) in [6.45, 7) is 11.6. The summed E-state index contributed by atoms with van der Waals surface area (Å²) in [6.07, 6.45) is 2.54. The number of allylic oxidation sites excluding steroid dienone is 9. The van der Waals surface area contributed by atoms with Crippen LogP contribution in [-0.2, 0) is 38.1 Å². The lowest BCUT2D eigenvalue weighted by Crippen LogP contribution is -2.67. The fourth-order valence-electron chi connectivity index (χ4n) is 6.54. The van der Waals surface area contributed by atoms with Gasteiger partial charge in [0.05, 0.1) is 18.7 Å². The summed E-state index contributed by atoms with van der Waals surface area (Å²) in [6, 6.07) is -0.836. The topological polar surface area (TPSA) is 190 Å². The smallest absolute Gasteiger partial charge is 0.335 e. The molecule has 2 heterocycles. The number of esters is 1. The van der Waals surface area contributed by atoms with Crippen LogP contribution in [0, 0.1) is 5.41 Å². The first kappa shape index (κ1) is 40.4. The summed E-state index contributed by atoms with van der Waals surface area (Å²) in [5.41, 5.74) is 4.65. The number of carboxylic acid groups (broad SMARTS) is 1. The monoisotopic (exact) mass is 691 g/mol. The Labute approximate surface area is 288 Å². The molecule has 0 bridgehead atoms. The summed E-state index contributed by atoms with van der Waals surface area (Å²) in [5.74, 6) is -2.13. The molecule has 5 N–H and O–H groups in total. The molecule has 0 saturated carbocycles. The molecular weight excluding hydrogens is 638 g/mol. The Hall–Kier alpha value is -3.01. The third kappa shape index (κ3) is 10.7. The quantitative estimate of drug-likeness (QED) is 0.0773. The maximum atomic E-state index is 12.7. The number of aliphatic hydroxyl groups is 3. The first-order valence-electron chi connectivity index (χ1n) is 16.6. The summed E-state index contributed by atoms with van der Waals surface area (Å²) in [5, 5.41) is 44.9. The molecule has 0 aromatic rings. The van der Waals surface area contributed by atoms with Gasteiger partial charge in [-0.2, -0.15) is 0 Å². The minimum atomic E-state index is -1.74. The molecule has 49 heavy (non-hydrogen) atoms. The number of carbonyl (C=O) groups is 3. The Morgan fingerprint density at radius 3 is 2.39 bits per heavy atom. The van der Waals surface area contributed by atoms with Crippen molar-refractivity contribution in [1.82, 2.24) is 5.32 Å². The molecule has 0 aromatic heterocycles. The second-order valence-electron chi connectivity index (χ2n) is 13.6. The molecule has 2 aliphatic heterocycles. The number of carbonyl (C=O) groups excluding carboxylic acids is 2. The van der Waals surface area contributed by atoms with Crippen LogP contribution < -0.4 is 5.32 Å². The van der Waals surface area contributed by atoms with E-state index in [1.807, 2.05) is 19.1 Å². The van der Waals surface area contributed by atoms with E-state index in [0.29, 0.717) is 11.9 Å². The van der Waals surface area contributed by atoms with E-state index in [4.69, 9.17) is 23.7 Å². The highest BCUT2D eigenvalue weighted by Gasteiger charge is 2.52. The second kappa shape index (κ2) is 18.3. The van der Waals surface area contributed by atoms with E-state index < -0.39 is 73.1 Å². The van der Waals surface area contributed by atoms with Crippen molar-refractivity contribution in [3.05, 3.63) is 58.7 Å². The van der Waals surface area contributed by atoms with Crippen LogP contribution in [0.5, 0.6) is 0 Å². The van der Waals surface area contributed by atoms with Crippen molar-refractivity contribution in [2.24, 2.45) is 5.41 Å². The predicted octanol–water partition coefficient (Wildman–Crippen LogP) is 2.30. The molecule has 13 heteroatoms. The number of ether oxygens (including phenoxy) is 5. The average Bonchev–Trinajstić information content (AvgIpc) is 3.02. The van der Waals surface area contributed by atoms with Gasteiger partial charge in [0.2, 0.25) is 0 Å². The number of hydrogen-bond donors (Lipinski definition) is 5. The zero-order valence-corrected chi connectivity index (χ0v) is 29.4. The Balaban J connectivity index is 1.65. The molecule has 13 nitrogen and oxygen atoms in total. The first-order chi connectivity index (χ1) is 23.1. The van der Waals surface area contributed by atoms with Gasteiger partial charge in [-0.1, -0.05) is 55.4 Å². The molecule has 1 aliphatic carbocycles. The van der Waals surface area contributed by atoms with E-state index in [9.17, 15) is 34.8 Å². The number of aldehydes is 1. The zero-order valence-electron chi connectivity index (χ0n) is 29.4. The van der Waals surface area contributed by atoms with Crippen molar-refractivity contribution in [2.45, 2.75) is 122 Å². The van der Waals surface area contributed by atoms with E-state index in [2.05, 4.69) is 38.2 Å². The van der Waals surface area contributed by atoms with Crippen LogP contribution in [0.3, 0.4) is 0 Å². The number of methoxy groups -OCH3 is 1. The minimum Gasteiger partial charge on any atom is -0.479 e. The van der Waals surface area contributed by atoms with Gasteiger partial charge in [-0.05, 0) is 63.5 Å². The number of rotatable bonds is 14. The van der Waals surface area contributed by atoms with E-state index in [0.717, 1.165) is 19.1 Å². The van der Waals surface area contributed by atoms with Crippen LogP contribution >= 0.6 is 0 Å². The largest absolute Gasteiger partial charge is 0.479 e. The van der Waals surface area contributed by atoms with Crippen LogP contribution in [0.15, 0.2) is 58.7 Å². The van der Waals surface area contributed by atoms with Gasteiger partial charge >= 0.3 is 11.9 Å². The maximum absolute atomic E-state index is 12.7. The van der Waals surface area contributed by atoms with Gasteiger partial charge in [0.15, 0.2) is 12.4 Å². The fourth-order valence-corrected chi connectivity index (χ4v) is 6.54. The van der Waals surface area contributed by atoms with Crippen molar-refractivity contribution >= 4 is 18.2 Å². The molecule has 2 saturated heterocycles. The fraction of sp³-hybridized carbons (Fsp3) is 0.639. The Morgan fingerprint density at radius 1 is 1.04 bits per heavy atom. The van der Waals surface area contributed by atoms with Crippen molar-refractivity contribution in [1.29, 1.82) is 0 Å². The predicted molar refractivity (Wildman–Crippen MR) is 179 cm³/mol. The molecule has 10 unspecified atom stereocenters. The normalized spacial score (nSPS) is 34.4. The molecule has 274 valence electrons. The summed E-state index contributed by atoms with van der Waals surface area (Å²) < 4.78 is 27.6. The SMILES string of the molecule is COC1C(C(=O)O)OC(OC2C(O)C(COC(=O)/C=C(C)/C=C/C=C(C)/C=C/C3=C(C)CCCC3(C)C)OC(C)C2NCC=O)C(O)C1O. The maximum Gasteiger partial charge on any atom is 0.335 e. The summed E-state index contributed by atoms with van der Waals surface area (Å²) in [4.78, 5) is 35.5. The Bertz CT molecular complexity index is 1320. The van der Waals surface area contributed by atoms with Crippen LogP contribution in [0.4, 0.5) is 0 Å². The van der Waals surface area contributed by atoms with Gasteiger partial charge in [0.1, 0.15) is 49.5 Å². The van der Waals surface area contributed by atoms with Crippen LogP contribution in [0.1, 0.15) is 60.8 Å². The molecule has 3 aliphatic rings. The molecule has 3 rings (SSSR count). The zero-order chi connectivity index (χ0) is 36.5. The van der Waals surface area contributed by atoms with Gasteiger partial charge in [-0.3, -0.25) is 0 Å². The first-order valence-corrected chi connectivity index (χ1v) is 16.6. The molecule has 0 spiro atoms. The highest BCUT2D eigenvalue weighted by atomic mass is 16.7. The lowest BCUT2D eigenvalue weighted by atomic mass is 9.72. The molecule has 0 amide bonds. The van der Waals surface area contributed by atoms with Crippen LogP contribution in [0.25, 0.3) is 0 Å². The molecule has 2 fully saturated rings. The van der Waals surface area contributed by atoms with Gasteiger partial charge in [0, 0.05) is 13.2 Å². The summed E-state index contributed by atoms with van der Waals surface area (Å²) in [7, 11) is 1.16. The number of aliphatic hydroxyl groups excluding tert-OH is 3. The standard InChI is InChI=1S/C36H53NO12/c1-20(13-14-24-22(3)12-9-15-36(24,5)6)10-8-11-21(2)18-26(39)46-19-25-28(40)31(27(23(4)47-25)37-16-17-38)48-35-30(42)29(41)32(45-7)33(49-35)34(43)44/h8,10-11,13-14,17-18,23,25,27-33,35,37,40-42H,9,12,15-16,19H2,1-7H3,(H,43,44)/b11-8+,14-13+,20-10+,21-18+. The highest BCUT2D eigenvalue weighted by Crippen LogP contribution is 2.40. The highest BCUT2D eigenvalue weighted by molar-refractivity contribution is 5.83.